The van der Waals surface area contributed by atoms with Crippen LogP contribution in [0.3, 0.4) is 0 Å². The number of nitrogens with one attached hydrogen (secondary N) is 2. The monoisotopic (exact) mass is 571 g/mol. The van der Waals surface area contributed by atoms with Crippen LogP contribution < -0.4 is 10.6 Å². The Balaban J connectivity index is 1.25. The van der Waals surface area contributed by atoms with Crippen molar-refractivity contribution in [1.82, 2.24) is 29.7 Å². The molecule has 0 saturated carbocycles. The number of rotatable bonds is 7. The largest absolute Gasteiger partial charge is 0.439 e. The molecule has 6 rings (SSSR count). The Morgan fingerprint density at radius 1 is 1.12 bits per heavy atom. The van der Waals surface area contributed by atoms with Gasteiger partial charge in [0, 0.05) is 55.6 Å². The number of halogens is 1. The van der Waals surface area contributed by atoms with Gasteiger partial charge in [-0.3, -0.25) is 4.79 Å². The number of aromatic nitrogens is 3. The first kappa shape index (κ1) is 27.3. The zero-order chi connectivity index (χ0) is 28.8. The normalized spacial score (nSPS) is 14.3. The molecule has 2 aliphatic rings. The molecule has 0 radical (unpaired) electrons. The highest BCUT2D eigenvalue weighted by Crippen LogP contribution is 2.39. The summed E-state index contributed by atoms with van der Waals surface area (Å²) in [5.41, 5.74) is 8.20. The third-order valence-corrected chi connectivity index (χ3v) is 8.24. The first-order chi connectivity index (χ1) is 19.7. The van der Waals surface area contributed by atoms with Crippen molar-refractivity contribution in [3.63, 3.8) is 0 Å². The van der Waals surface area contributed by atoms with E-state index in [0.29, 0.717) is 42.1 Å². The molecule has 0 bridgehead atoms. The van der Waals surface area contributed by atoms with E-state index >= 15 is 0 Å². The summed E-state index contributed by atoms with van der Waals surface area (Å²) in [5, 5.41) is 6.75. The molecule has 10 heteroatoms. The molecule has 0 fully saturated rings. The summed E-state index contributed by atoms with van der Waals surface area (Å²) in [4.78, 5) is 27.0. The fourth-order valence-corrected chi connectivity index (χ4v) is 5.95. The molecule has 212 valence electrons. The van der Waals surface area contributed by atoms with Crippen LogP contribution in [-0.4, -0.2) is 57.4 Å². The Morgan fingerprint density at radius 3 is 2.63 bits per heavy atom. The topological polar surface area (TPSA) is 91.5 Å². The van der Waals surface area contributed by atoms with Crippen molar-refractivity contribution >= 4 is 23.2 Å². The van der Waals surface area contributed by atoms with Crippen LogP contribution in [0.15, 0.2) is 53.1 Å². The van der Waals surface area contributed by atoms with Gasteiger partial charge in [-0.15, -0.1) is 0 Å². The lowest BCUT2D eigenvalue weighted by molar-refractivity contribution is 0.101. The predicted octanol–water partition coefficient (Wildman–Crippen LogP) is 4.99. The highest BCUT2D eigenvalue weighted by Gasteiger charge is 2.28. The Bertz CT molecular complexity index is 1650. The maximum Gasteiger partial charge on any atom is 0.291 e. The number of amides is 1. The third-order valence-electron chi connectivity index (χ3n) is 7.83. The van der Waals surface area contributed by atoms with Gasteiger partial charge in [0.15, 0.2) is 5.82 Å². The Labute approximate surface area is 244 Å². The maximum absolute atomic E-state index is 13.2. The molecule has 2 aromatic heterocycles. The number of hydrogen-bond donors (Lipinski definition) is 2. The third kappa shape index (κ3) is 5.05. The molecular weight excluding hydrogens is 538 g/mol. The van der Waals surface area contributed by atoms with Gasteiger partial charge in [0.2, 0.25) is 5.89 Å². The quantitative estimate of drug-likeness (QED) is 0.323. The second-order valence-electron chi connectivity index (χ2n) is 11.0. The number of benzene rings is 2. The van der Waals surface area contributed by atoms with Gasteiger partial charge in [-0.1, -0.05) is 42.4 Å². The van der Waals surface area contributed by atoms with Gasteiger partial charge >= 0.3 is 0 Å². The fourth-order valence-electron chi connectivity index (χ4n) is 5.68. The van der Waals surface area contributed by atoms with Crippen LogP contribution in [0.5, 0.6) is 0 Å². The summed E-state index contributed by atoms with van der Waals surface area (Å²) < 4.78 is 8.14. The minimum Gasteiger partial charge on any atom is -0.439 e. The van der Waals surface area contributed by atoms with E-state index in [1.54, 1.807) is 0 Å². The number of fused-ring (bicyclic) bond motifs is 2. The molecule has 0 spiro atoms. The Hall–Kier alpha value is -3.92. The lowest BCUT2D eigenvalue weighted by Gasteiger charge is -2.22. The standard InChI is InChI=1S/C31H34ClN7O2/c1-18(15-37(3)4)39-16-25-27(17-39)41-31(36-25)21-9-6-8-20(19(21)2)22-10-7-11-23(28(22)32)35-30(40)29-34-24-14-33-13-12-26(24)38(29)5/h6-11,33H,1,12-17H2,2-5H3,(H,35,40). The number of carbonyl (C=O) groups is 1. The van der Waals surface area contributed by atoms with E-state index in [2.05, 4.69) is 32.0 Å². The maximum atomic E-state index is 13.2. The number of hydrogen-bond acceptors (Lipinski definition) is 7. The Kier molecular flexibility index (Phi) is 7.19. The lowest BCUT2D eigenvalue weighted by Crippen LogP contribution is -2.25. The second kappa shape index (κ2) is 10.8. The lowest BCUT2D eigenvalue weighted by atomic mass is 9.96. The number of carbonyl (C=O) groups excluding carboxylic acids is 1. The van der Waals surface area contributed by atoms with E-state index in [1.165, 1.54) is 0 Å². The number of imidazole rings is 1. The summed E-state index contributed by atoms with van der Waals surface area (Å²) in [6.07, 6.45) is 0.843. The first-order valence-corrected chi connectivity index (χ1v) is 14.1. The molecule has 9 nitrogen and oxygen atoms in total. The highest BCUT2D eigenvalue weighted by atomic mass is 35.5. The molecule has 41 heavy (non-hydrogen) atoms. The number of oxazole rings is 1. The zero-order valence-corrected chi connectivity index (χ0v) is 24.6. The molecule has 4 aromatic rings. The van der Waals surface area contributed by atoms with Crippen LogP contribution in [0.2, 0.25) is 5.02 Å². The highest BCUT2D eigenvalue weighted by molar-refractivity contribution is 6.36. The molecule has 0 saturated heterocycles. The Morgan fingerprint density at radius 2 is 1.88 bits per heavy atom. The number of anilines is 1. The van der Waals surface area contributed by atoms with Crippen LogP contribution in [0, 0.1) is 6.92 Å². The van der Waals surface area contributed by atoms with Crippen molar-refractivity contribution in [2.24, 2.45) is 7.05 Å². The molecular formula is C31H34ClN7O2. The average molecular weight is 572 g/mol. The van der Waals surface area contributed by atoms with Crippen LogP contribution in [-0.2, 0) is 33.1 Å². The van der Waals surface area contributed by atoms with Crippen molar-refractivity contribution in [3.8, 4) is 22.6 Å². The summed E-state index contributed by atoms with van der Waals surface area (Å²) in [7, 11) is 5.95. The summed E-state index contributed by atoms with van der Waals surface area (Å²) in [5.74, 6) is 1.56. The molecule has 0 aliphatic carbocycles. The van der Waals surface area contributed by atoms with E-state index < -0.39 is 0 Å². The van der Waals surface area contributed by atoms with E-state index in [9.17, 15) is 4.79 Å². The van der Waals surface area contributed by atoms with Crippen molar-refractivity contribution in [2.75, 3.05) is 32.5 Å². The van der Waals surface area contributed by atoms with Crippen LogP contribution in [0.4, 0.5) is 5.69 Å². The molecule has 1 amide bonds. The van der Waals surface area contributed by atoms with Gasteiger partial charge in [-0.25, -0.2) is 9.97 Å². The van der Waals surface area contributed by atoms with Gasteiger partial charge in [0.25, 0.3) is 5.91 Å². The van der Waals surface area contributed by atoms with Gasteiger partial charge in [-0.2, -0.15) is 0 Å². The van der Waals surface area contributed by atoms with E-state index in [0.717, 1.165) is 70.3 Å². The molecule has 2 N–H and O–H groups in total. The predicted molar refractivity (Wildman–Crippen MR) is 161 cm³/mol. The van der Waals surface area contributed by atoms with Crippen LogP contribution in [0.25, 0.3) is 22.6 Å². The average Bonchev–Trinajstić information content (AvgIpc) is 3.62. The van der Waals surface area contributed by atoms with Gasteiger partial charge < -0.3 is 29.4 Å². The van der Waals surface area contributed by atoms with Crippen molar-refractivity contribution in [1.29, 1.82) is 0 Å². The molecule has 0 atom stereocenters. The van der Waals surface area contributed by atoms with Crippen molar-refractivity contribution < 1.29 is 9.21 Å². The van der Waals surface area contributed by atoms with Gasteiger partial charge in [0.1, 0.15) is 11.5 Å². The molecule has 2 aliphatic heterocycles. The van der Waals surface area contributed by atoms with E-state index in [1.807, 2.05) is 69.0 Å². The smallest absolute Gasteiger partial charge is 0.291 e. The van der Waals surface area contributed by atoms with E-state index in [4.69, 9.17) is 21.0 Å². The number of nitrogens with zero attached hydrogens (tertiary/aromatic N) is 5. The van der Waals surface area contributed by atoms with Crippen molar-refractivity contribution in [2.45, 2.75) is 33.0 Å². The van der Waals surface area contributed by atoms with E-state index in [-0.39, 0.29) is 5.91 Å². The van der Waals surface area contributed by atoms with Gasteiger partial charge in [0.05, 0.1) is 29.5 Å². The SMILES string of the molecule is C=C(CN(C)C)N1Cc2nc(-c3cccc(-c4cccc(NC(=O)c5nc6c(n5C)CCNC6)c4Cl)c3C)oc2C1. The summed E-state index contributed by atoms with van der Waals surface area (Å²) in [6, 6.07) is 11.7. The van der Waals surface area contributed by atoms with Crippen molar-refractivity contribution in [3.05, 3.63) is 87.9 Å². The van der Waals surface area contributed by atoms with Gasteiger partial charge in [-0.05, 0) is 44.3 Å². The molecule has 4 heterocycles. The van der Waals surface area contributed by atoms with Crippen LogP contribution in [0.1, 0.15) is 39.0 Å². The molecule has 0 unspecified atom stereocenters. The second-order valence-corrected chi connectivity index (χ2v) is 11.3. The molecule has 2 aromatic carbocycles. The number of likely N-dealkylation sites (N-methyl/N-ethyl adjacent to an activating group) is 1. The zero-order valence-electron chi connectivity index (χ0n) is 23.8. The summed E-state index contributed by atoms with van der Waals surface area (Å²) >= 11 is 6.92. The first-order valence-electron chi connectivity index (χ1n) is 13.7. The fraction of sp³-hybridized carbons (Fsp3) is 0.323. The minimum atomic E-state index is -0.289. The summed E-state index contributed by atoms with van der Waals surface area (Å²) in [6.45, 7) is 9.94. The minimum absolute atomic E-state index is 0.289. The van der Waals surface area contributed by atoms with Crippen LogP contribution >= 0.6 is 11.6 Å².